The van der Waals surface area contributed by atoms with Crippen LogP contribution in [0.4, 0.5) is 10.5 Å². The maximum Gasteiger partial charge on any atom is 0.322 e. The Balaban J connectivity index is 2.00. The monoisotopic (exact) mass is 336 g/mol. The van der Waals surface area contributed by atoms with E-state index in [4.69, 9.17) is 11.6 Å². The zero-order valence-electron chi connectivity index (χ0n) is 12.4. The molecule has 0 radical (unpaired) electrons. The van der Waals surface area contributed by atoms with Gasteiger partial charge in [0.25, 0.3) is 0 Å². The summed E-state index contributed by atoms with van der Waals surface area (Å²) in [6.07, 6.45) is 0. The molecule has 0 bridgehead atoms. The second-order valence-electron chi connectivity index (χ2n) is 4.78. The number of nitrogens with zero attached hydrogens (tertiary/aromatic N) is 1. The minimum atomic E-state index is -0.178. The van der Waals surface area contributed by atoms with Gasteiger partial charge in [-0.2, -0.15) is 0 Å². The quantitative estimate of drug-likeness (QED) is 0.807. The maximum atomic E-state index is 12.3. The number of ketones is 1. The highest BCUT2D eigenvalue weighted by molar-refractivity contribution is 7.16. The minimum absolute atomic E-state index is 0.00244. The van der Waals surface area contributed by atoms with Crippen molar-refractivity contribution in [3.05, 3.63) is 51.2 Å². The van der Waals surface area contributed by atoms with Crippen LogP contribution in [-0.4, -0.2) is 23.3 Å². The molecule has 2 aromatic rings. The van der Waals surface area contributed by atoms with E-state index in [1.165, 1.54) is 18.3 Å². The van der Waals surface area contributed by atoms with Gasteiger partial charge in [-0.05, 0) is 50.2 Å². The predicted molar refractivity (Wildman–Crippen MR) is 90.9 cm³/mol. The van der Waals surface area contributed by atoms with Crippen molar-refractivity contribution in [3.8, 4) is 0 Å². The van der Waals surface area contributed by atoms with Crippen LogP contribution in [0.15, 0.2) is 36.4 Å². The zero-order valence-corrected chi connectivity index (χ0v) is 14.0. The number of hydrogen-bond acceptors (Lipinski definition) is 3. The van der Waals surface area contributed by atoms with Gasteiger partial charge in [0, 0.05) is 22.7 Å². The van der Waals surface area contributed by atoms with Crippen molar-refractivity contribution in [3.63, 3.8) is 0 Å². The molecule has 116 valence electrons. The van der Waals surface area contributed by atoms with Gasteiger partial charge in [0.15, 0.2) is 5.78 Å². The molecule has 0 saturated carbocycles. The molecule has 6 heteroatoms. The van der Waals surface area contributed by atoms with Crippen LogP contribution in [0.2, 0.25) is 4.34 Å². The molecule has 1 aromatic carbocycles. The number of halogens is 1. The number of amides is 2. The van der Waals surface area contributed by atoms with Crippen LogP contribution in [0.25, 0.3) is 0 Å². The SMILES string of the molecule is CCN(Cc1ccc(Cl)s1)C(=O)Nc1ccc(C(C)=O)cc1. The average molecular weight is 337 g/mol. The number of thiophene rings is 1. The van der Waals surface area contributed by atoms with Crippen LogP contribution >= 0.6 is 22.9 Å². The van der Waals surface area contributed by atoms with Crippen molar-refractivity contribution in [1.29, 1.82) is 0 Å². The molecule has 2 amide bonds. The van der Waals surface area contributed by atoms with E-state index in [1.54, 1.807) is 29.2 Å². The lowest BCUT2D eigenvalue weighted by Crippen LogP contribution is -2.34. The van der Waals surface area contributed by atoms with E-state index < -0.39 is 0 Å². The normalized spacial score (nSPS) is 10.3. The number of carbonyl (C=O) groups is 2. The van der Waals surface area contributed by atoms with Crippen LogP contribution in [0.1, 0.15) is 29.1 Å². The standard InChI is InChI=1S/C16H17ClN2O2S/c1-3-19(10-14-8-9-15(17)22-14)16(21)18-13-6-4-12(5-7-13)11(2)20/h4-9H,3,10H2,1-2H3,(H,18,21). The molecule has 0 fully saturated rings. The molecule has 0 spiro atoms. The Kier molecular flexibility index (Phi) is 5.57. The van der Waals surface area contributed by atoms with Crippen molar-refractivity contribution in [2.45, 2.75) is 20.4 Å². The van der Waals surface area contributed by atoms with Gasteiger partial charge >= 0.3 is 6.03 Å². The van der Waals surface area contributed by atoms with Crippen LogP contribution < -0.4 is 5.32 Å². The molecular formula is C16H17ClN2O2S. The molecule has 2 rings (SSSR count). The van der Waals surface area contributed by atoms with E-state index in [0.717, 1.165) is 4.88 Å². The van der Waals surface area contributed by atoms with Crippen LogP contribution in [0, 0.1) is 0 Å². The highest BCUT2D eigenvalue weighted by Crippen LogP contribution is 2.23. The Hall–Kier alpha value is -1.85. The fourth-order valence-corrected chi connectivity index (χ4v) is 3.05. The summed E-state index contributed by atoms with van der Waals surface area (Å²) in [7, 11) is 0. The molecular weight excluding hydrogens is 320 g/mol. The van der Waals surface area contributed by atoms with Crippen LogP contribution in [0.5, 0.6) is 0 Å². The number of carbonyl (C=O) groups excluding carboxylic acids is 2. The Morgan fingerprint density at radius 2 is 1.86 bits per heavy atom. The first-order valence-corrected chi connectivity index (χ1v) is 8.10. The lowest BCUT2D eigenvalue weighted by molar-refractivity contribution is 0.101. The number of Topliss-reactive ketones (excluding diaryl/α,β-unsaturated/α-hetero) is 1. The molecule has 0 unspecified atom stereocenters. The number of benzene rings is 1. The van der Waals surface area contributed by atoms with Crippen molar-refractivity contribution in [2.75, 3.05) is 11.9 Å². The topological polar surface area (TPSA) is 49.4 Å². The Morgan fingerprint density at radius 1 is 1.18 bits per heavy atom. The van der Waals surface area contributed by atoms with E-state index in [2.05, 4.69) is 5.32 Å². The summed E-state index contributed by atoms with van der Waals surface area (Å²) in [5.41, 5.74) is 1.29. The summed E-state index contributed by atoms with van der Waals surface area (Å²) in [6, 6.07) is 10.4. The van der Waals surface area contributed by atoms with Crippen molar-refractivity contribution in [2.24, 2.45) is 0 Å². The number of anilines is 1. The second-order valence-corrected chi connectivity index (χ2v) is 6.58. The number of urea groups is 1. The van der Waals surface area contributed by atoms with Crippen LogP contribution in [-0.2, 0) is 6.54 Å². The molecule has 0 aliphatic carbocycles. The molecule has 4 nitrogen and oxygen atoms in total. The third kappa shape index (κ3) is 4.32. The van der Waals surface area contributed by atoms with Crippen molar-refractivity contribution in [1.82, 2.24) is 4.90 Å². The fraction of sp³-hybridized carbons (Fsp3) is 0.250. The summed E-state index contributed by atoms with van der Waals surface area (Å²) in [4.78, 5) is 26.3. The molecule has 0 aliphatic rings. The molecule has 1 heterocycles. The van der Waals surface area contributed by atoms with Gasteiger partial charge in [-0.25, -0.2) is 4.79 Å². The largest absolute Gasteiger partial charge is 0.322 e. The lowest BCUT2D eigenvalue weighted by atomic mass is 10.1. The van der Waals surface area contributed by atoms with Gasteiger partial charge in [-0.3, -0.25) is 4.79 Å². The Morgan fingerprint density at radius 3 is 2.36 bits per heavy atom. The Labute approximate surface area is 138 Å². The predicted octanol–water partition coefficient (Wildman–Crippen LogP) is 4.66. The summed E-state index contributed by atoms with van der Waals surface area (Å²) in [5, 5.41) is 2.83. The first-order chi connectivity index (χ1) is 10.5. The Bertz CT molecular complexity index is 667. The first kappa shape index (κ1) is 16.5. The maximum absolute atomic E-state index is 12.3. The summed E-state index contributed by atoms with van der Waals surface area (Å²) in [6.45, 7) is 4.55. The van der Waals surface area contributed by atoms with Gasteiger partial charge in [0.1, 0.15) is 0 Å². The number of rotatable bonds is 5. The number of hydrogen-bond donors (Lipinski definition) is 1. The first-order valence-electron chi connectivity index (χ1n) is 6.90. The van der Waals surface area contributed by atoms with E-state index >= 15 is 0 Å². The lowest BCUT2D eigenvalue weighted by Gasteiger charge is -2.20. The molecule has 0 aliphatic heterocycles. The fourth-order valence-electron chi connectivity index (χ4n) is 1.94. The highest BCUT2D eigenvalue weighted by Gasteiger charge is 2.13. The molecule has 22 heavy (non-hydrogen) atoms. The van der Waals surface area contributed by atoms with Crippen LogP contribution in [0.3, 0.4) is 0 Å². The van der Waals surface area contributed by atoms with Gasteiger partial charge < -0.3 is 10.2 Å². The van der Waals surface area contributed by atoms with Gasteiger partial charge in [-0.15, -0.1) is 11.3 Å². The highest BCUT2D eigenvalue weighted by atomic mass is 35.5. The third-order valence-electron chi connectivity index (χ3n) is 3.19. The average Bonchev–Trinajstić information content (AvgIpc) is 2.90. The van der Waals surface area contributed by atoms with Gasteiger partial charge in [0.2, 0.25) is 0 Å². The van der Waals surface area contributed by atoms with Crippen molar-refractivity contribution < 1.29 is 9.59 Å². The summed E-state index contributed by atoms with van der Waals surface area (Å²) >= 11 is 7.38. The minimum Gasteiger partial charge on any atom is -0.320 e. The smallest absolute Gasteiger partial charge is 0.320 e. The third-order valence-corrected chi connectivity index (χ3v) is 4.40. The van der Waals surface area contributed by atoms with Gasteiger partial charge in [-0.1, -0.05) is 11.6 Å². The molecule has 0 saturated heterocycles. The van der Waals surface area contributed by atoms with E-state index in [9.17, 15) is 9.59 Å². The van der Waals surface area contributed by atoms with Crippen molar-refractivity contribution >= 4 is 40.4 Å². The molecule has 1 aromatic heterocycles. The van der Waals surface area contributed by atoms with E-state index in [0.29, 0.717) is 28.7 Å². The second kappa shape index (κ2) is 7.42. The van der Waals surface area contributed by atoms with E-state index in [1.807, 2.05) is 19.1 Å². The van der Waals surface area contributed by atoms with Gasteiger partial charge in [0.05, 0.1) is 10.9 Å². The summed E-state index contributed by atoms with van der Waals surface area (Å²) < 4.78 is 0.714. The zero-order chi connectivity index (χ0) is 16.1. The number of nitrogens with one attached hydrogen (secondary N) is 1. The molecule has 0 atom stereocenters. The van der Waals surface area contributed by atoms with E-state index in [-0.39, 0.29) is 11.8 Å². The summed E-state index contributed by atoms with van der Waals surface area (Å²) in [5.74, 6) is 0.00244. The molecule has 1 N–H and O–H groups in total.